The number of benzene rings is 1. The highest BCUT2D eigenvalue weighted by Crippen LogP contribution is 2.20. The number of methoxy groups -OCH3 is 1. The molecule has 2 saturated heterocycles. The van der Waals surface area contributed by atoms with Crippen LogP contribution < -0.4 is 15.0 Å². The molecule has 0 saturated carbocycles. The second-order valence-corrected chi connectivity index (χ2v) is 7.92. The zero-order valence-electron chi connectivity index (χ0n) is 19.0. The van der Waals surface area contributed by atoms with Crippen LogP contribution in [-0.2, 0) is 0 Å². The maximum atomic E-state index is 5.26. The van der Waals surface area contributed by atoms with Gasteiger partial charge >= 0.3 is 0 Å². The molecule has 2 aliphatic heterocycles. The number of guanidine groups is 1. The second kappa shape index (κ2) is 12.6. The van der Waals surface area contributed by atoms with Crippen LogP contribution in [0.5, 0.6) is 5.75 Å². The van der Waals surface area contributed by atoms with E-state index < -0.39 is 0 Å². The molecule has 1 aromatic carbocycles. The number of halogens is 1. The summed E-state index contributed by atoms with van der Waals surface area (Å²) in [6.45, 7) is 15.3. The molecular formula is C22H39IN6O. The van der Waals surface area contributed by atoms with Crippen LogP contribution in [0.25, 0.3) is 0 Å². The van der Waals surface area contributed by atoms with Gasteiger partial charge in [-0.05, 0) is 37.7 Å². The Kier molecular flexibility index (Phi) is 10.5. The summed E-state index contributed by atoms with van der Waals surface area (Å²) < 4.78 is 5.26. The summed E-state index contributed by atoms with van der Waals surface area (Å²) in [5.41, 5.74) is 1.26. The summed E-state index contributed by atoms with van der Waals surface area (Å²) in [6.07, 6.45) is 0. The van der Waals surface area contributed by atoms with Gasteiger partial charge in [0, 0.05) is 77.7 Å². The number of piperazine rings is 2. The van der Waals surface area contributed by atoms with Gasteiger partial charge in [-0.3, -0.25) is 9.89 Å². The Labute approximate surface area is 199 Å². The van der Waals surface area contributed by atoms with Crippen molar-refractivity contribution in [2.24, 2.45) is 4.99 Å². The normalized spacial score (nSPS) is 19.9. The van der Waals surface area contributed by atoms with Crippen LogP contribution in [0.4, 0.5) is 5.69 Å². The number of likely N-dealkylation sites (N-methyl/N-ethyl adjacent to an activating group) is 1. The van der Waals surface area contributed by atoms with Crippen LogP contribution in [0.1, 0.15) is 13.8 Å². The van der Waals surface area contributed by atoms with E-state index in [9.17, 15) is 0 Å². The number of aliphatic imine (C=N–C) groups is 1. The summed E-state index contributed by atoms with van der Waals surface area (Å²) in [5, 5.41) is 3.62. The van der Waals surface area contributed by atoms with Gasteiger partial charge in [-0.2, -0.15) is 0 Å². The van der Waals surface area contributed by atoms with Crippen LogP contribution in [0.2, 0.25) is 0 Å². The predicted molar refractivity (Wildman–Crippen MR) is 137 cm³/mol. The van der Waals surface area contributed by atoms with Gasteiger partial charge in [0.05, 0.1) is 7.11 Å². The molecule has 3 rings (SSSR count). The molecule has 2 heterocycles. The first kappa shape index (κ1) is 25.0. The Morgan fingerprint density at radius 2 is 1.67 bits per heavy atom. The third-order valence-corrected chi connectivity index (χ3v) is 6.26. The maximum Gasteiger partial charge on any atom is 0.193 e. The molecule has 0 spiro atoms. The van der Waals surface area contributed by atoms with Crippen LogP contribution in [0.3, 0.4) is 0 Å². The Bertz CT molecular complexity index is 640. The van der Waals surface area contributed by atoms with E-state index in [1.54, 1.807) is 7.11 Å². The van der Waals surface area contributed by atoms with Gasteiger partial charge in [-0.1, -0.05) is 6.92 Å². The van der Waals surface area contributed by atoms with Crippen molar-refractivity contribution in [3.63, 3.8) is 0 Å². The van der Waals surface area contributed by atoms with Crippen LogP contribution >= 0.6 is 24.0 Å². The molecule has 1 unspecified atom stereocenters. The van der Waals surface area contributed by atoms with E-state index in [0.717, 1.165) is 64.1 Å². The highest BCUT2D eigenvalue weighted by Gasteiger charge is 2.23. The van der Waals surface area contributed by atoms with Crippen molar-refractivity contribution >= 4 is 35.6 Å². The molecule has 2 aliphatic rings. The van der Waals surface area contributed by atoms with Crippen molar-refractivity contribution < 1.29 is 4.74 Å². The van der Waals surface area contributed by atoms with Gasteiger partial charge in [0.15, 0.2) is 5.96 Å². The molecule has 1 aromatic rings. The highest BCUT2D eigenvalue weighted by molar-refractivity contribution is 14.0. The van der Waals surface area contributed by atoms with E-state index in [2.05, 4.69) is 55.9 Å². The molecule has 0 aliphatic carbocycles. The monoisotopic (exact) mass is 530 g/mol. The molecule has 7 nitrogen and oxygen atoms in total. The fourth-order valence-corrected chi connectivity index (χ4v) is 4.19. The Morgan fingerprint density at radius 1 is 1.03 bits per heavy atom. The first-order valence-electron chi connectivity index (χ1n) is 11.0. The van der Waals surface area contributed by atoms with Crippen molar-refractivity contribution in [1.82, 2.24) is 20.0 Å². The quantitative estimate of drug-likeness (QED) is 0.345. The van der Waals surface area contributed by atoms with Crippen LogP contribution in [-0.4, -0.2) is 106 Å². The lowest BCUT2D eigenvalue weighted by Crippen LogP contribution is -2.56. The maximum absolute atomic E-state index is 5.26. The smallest absolute Gasteiger partial charge is 0.193 e. The molecule has 0 bridgehead atoms. The standard InChI is InChI=1S/C22H38N6O.HI/c1-5-25-10-12-26(13-11-25)19(2)18-24-22(23-3)28-16-14-27(15-17-28)20-6-8-21(29-4)9-7-20;/h6-9,19H,5,10-18H2,1-4H3,(H,23,24);1H. The number of nitrogens with one attached hydrogen (secondary N) is 1. The van der Waals surface area contributed by atoms with E-state index >= 15 is 0 Å². The number of anilines is 1. The molecule has 2 fully saturated rings. The minimum absolute atomic E-state index is 0. The van der Waals surface area contributed by atoms with Gasteiger partial charge in [-0.25, -0.2) is 0 Å². The topological polar surface area (TPSA) is 46.6 Å². The summed E-state index contributed by atoms with van der Waals surface area (Å²) in [5.74, 6) is 1.93. The first-order valence-corrected chi connectivity index (χ1v) is 11.0. The second-order valence-electron chi connectivity index (χ2n) is 7.92. The first-order chi connectivity index (χ1) is 14.1. The van der Waals surface area contributed by atoms with Gasteiger partial charge in [0.2, 0.25) is 0 Å². The summed E-state index contributed by atoms with van der Waals surface area (Å²) in [6, 6.07) is 8.86. The summed E-state index contributed by atoms with van der Waals surface area (Å²) >= 11 is 0. The van der Waals surface area contributed by atoms with Crippen molar-refractivity contribution in [1.29, 1.82) is 0 Å². The summed E-state index contributed by atoms with van der Waals surface area (Å²) in [7, 11) is 3.60. The molecule has 1 atom stereocenters. The van der Waals surface area contributed by atoms with Gasteiger partial charge in [0.25, 0.3) is 0 Å². The van der Waals surface area contributed by atoms with Crippen molar-refractivity contribution in [3.8, 4) is 5.75 Å². The lowest BCUT2D eigenvalue weighted by molar-refractivity contribution is 0.107. The SMILES string of the molecule is CCN1CCN(C(C)CNC(=NC)N2CCN(c3ccc(OC)cc3)CC2)CC1.I. The summed E-state index contributed by atoms with van der Waals surface area (Å²) in [4.78, 5) is 14.5. The molecule has 0 amide bonds. The average molecular weight is 530 g/mol. The van der Waals surface area contributed by atoms with Gasteiger partial charge in [0.1, 0.15) is 5.75 Å². The zero-order valence-corrected chi connectivity index (χ0v) is 21.3. The number of hydrogen-bond acceptors (Lipinski definition) is 5. The minimum atomic E-state index is 0. The lowest BCUT2D eigenvalue weighted by atomic mass is 10.2. The van der Waals surface area contributed by atoms with E-state index in [-0.39, 0.29) is 24.0 Å². The largest absolute Gasteiger partial charge is 0.497 e. The third kappa shape index (κ3) is 6.62. The van der Waals surface area contributed by atoms with Crippen LogP contribution in [0.15, 0.2) is 29.3 Å². The Morgan fingerprint density at radius 3 is 2.20 bits per heavy atom. The van der Waals surface area contributed by atoms with E-state index in [0.29, 0.717) is 6.04 Å². The van der Waals surface area contributed by atoms with E-state index in [1.807, 2.05) is 19.2 Å². The van der Waals surface area contributed by atoms with Crippen molar-refractivity contribution in [2.75, 3.05) is 84.5 Å². The predicted octanol–water partition coefficient (Wildman–Crippen LogP) is 2.04. The molecule has 170 valence electrons. The molecule has 30 heavy (non-hydrogen) atoms. The fraction of sp³-hybridized carbons (Fsp3) is 0.682. The molecular weight excluding hydrogens is 491 g/mol. The van der Waals surface area contributed by atoms with Crippen molar-refractivity contribution in [3.05, 3.63) is 24.3 Å². The lowest BCUT2D eigenvalue weighted by Gasteiger charge is -2.39. The van der Waals surface area contributed by atoms with Gasteiger partial charge < -0.3 is 24.8 Å². The molecule has 0 radical (unpaired) electrons. The van der Waals surface area contributed by atoms with E-state index in [4.69, 9.17) is 4.74 Å². The Balaban J connectivity index is 0.00000320. The van der Waals surface area contributed by atoms with Gasteiger partial charge in [-0.15, -0.1) is 24.0 Å². The zero-order chi connectivity index (χ0) is 20.6. The molecule has 1 N–H and O–H groups in total. The number of hydrogen-bond donors (Lipinski definition) is 1. The van der Waals surface area contributed by atoms with Crippen LogP contribution in [0, 0.1) is 0 Å². The van der Waals surface area contributed by atoms with Crippen molar-refractivity contribution in [2.45, 2.75) is 19.9 Å². The number of rotatable bonds is 6. The number of ether oxygens (including phenoxy) is 1. The number of nitrogens with zero attached hydrogens (tertiary/aromatic N) is 5. The Hall–Kier alpha value is -1.26. The van der Waals surface area contributed by atoms with E-state index in [1.165, 1.54) is 18.8 Å². The molecule has 0 aromatic heterocycles. The highest BCUT2D eigenvalue weighted by atomic mass is 127. The fourth-order valence-electron chi connectivity index (χ4n) is 4.19. The third-order valence-electron chi connectivity index (χ3n) is 6.26. The minimum Gasteiger partial charge on any atom is -0.497 e. The molecule has 8 heteroatoms. The average Bonchev–Trinajstić information content (AvgIpc) is 2.80.